The Morgan fingerprint density at radius 3 is 2.89 bits per heavy atom. The van der Waals surface area contributed by atoms with Gasteiger partial charge in [0.25, 0.3) is 0 Å². The van der Waals surface area contributed by atoms with E-state index in [-0.39, 0.29) is 0 Å². The molecule has 0 aliphatic carbocycles. The zero-order valence-corrected chi connectivity index (χ0v) is 12.1. The average molecular weight is 310 g/mol. The molecule has 0 atom stereocenters. The maximum atomic E-state index is 5.58. The molecule has 18 heavy (non-hydrogen) atoms. The molecular formula is C13H16BrN3O. The maximum absolute atomic E-state index is 5.58. The normalized spacial score (nSPS) is 10.7. The first kappa shape index (κ1) is 13.1. The van der Waals surface area contributed by atoms with E-state index in [0.29, 0.717) is 6.54 Å². The van der Waals surface area contributed by atoms with Gasteiger partial charge in [0.1, 0.15) is 11.6 Å². The van der Waals surface area contributed by atoms with Gasteiger partial charge in [0.05, 0.1) is 12.8 Å². The van der Waals surface area contributed by atoms with Crippen LogP contribution in [0.15, 0.2) is 28.9 Å². The summed E-state index contributed by atoms with van der Waals surface area (Å²) in [5.74, 6) is 1.77. The number of hydrogen-bond donors (Lipinski definition) is 1. The van der Waals surface area contributed by atoms with Crippen molar-refractivity contribution in [3.8, 4) is 17.0 Å². The van der Waals surface area contributed by atoms with Gasteiger partial charge in [-0.25, -0.2) is 4.98 Å². The highest BCUT2D eigenvalue weighted by Gasteiger charge is 2.11. The first-order valence-electron chi connectivity index (χ1n) is 5.73. The molecule has 0 aliphatic rings. The second kappa shape index (κ2) is 5.54. The van der Waals surface area contributed by atoms with Crippen LogP contribution in [0, 0.1) is 6.92 Å². The highest BCUT2D eigenvalue weighted by atomic mass is 79.9. The van der Waals surface area contributed by atoms with Crippen molar-refractivity contribution < 1.29 is 4.74 Å². The number of halogens is 1. The molecule has 2 N–H and O–H groups in total. The molecule has 0 amide bonds. The number of rotatable bonds is 4. The molecular weight excluding hydrogens is 294 g/mol. The lowest BCUT2D eigenvalue weighted by molar-refractivity contribution is 0.416. The maximum Gasteiger partial charge on any atom is 0.128 e. The van der Waals surface area contributed by atoms with Crippen molar-refractivity contribution in [3.63, 3.8) is 0 Å². The quantitative estimate of drug-likeness (QED) is 0.944. The molecule has 5 heteroatoms. The molecule has 2 aromatic rings. The SMILES string of the molecule is COc1ccc(Br)cc1-c1cn(CCN)c(C)n1. The lowest BCUT2D eigenvalue weighted by Crippen LogP contribution is -2.10. The second-order valence-electron chi connectivity index (χ2n) is 4.00. The van der Waals surface area contributed by atoms with Crippen molar-refractivity contribution >= 4 is 15.9 Å². The minimum Gasteiger partial charge on any atom is -0.496 e. The molecule has 0 unspecified atom stereocenters. The largest absolute Gasteiger partial charge is 0.496 e. The summed E-state index contributed by atoms with van der Waals surface area (Å²) in [6.45, 7) is 3.35. The van der Waals surface area contributed by atoms with Crippen molar-refractivity contribution in [2.45, 2.75) is 13.5 Å². The fourth-order valence-corrected chi connectivity index (χ4v) is 2.25. The van der Waals surface area contributed by atoms with Gasteiger partial charge in [-0.05, 0) is 25.1 Å². The highest BCUT2D eigenvalue weighted by molar-refractivity contribution is 9.10. The number of benzene rings is 1. The number of nitrogens with zero attached hydrogens (tertiary/aromatic N) is 2. The number of nitrogens with two attached hydrogens (primary N) is 1. The van der Waals surface area contributed by atoms with Crippen LogP contribution >= 0.6 is 15.9 Å². The average Bonchev–Trinajstić information content (AvgIpc) is 2.71. The lowest BCUT2D eigenvalue weighted by Gasteiger charge is -2.06. The molecule has 0 saturated heterocycles. The van der Waals surface area contributed by atoms with Gasteiger partial charge in [0.15, 0.2) is 0 Å². The molecule has 0 radical (unpaired) electrons. The smallest absolute Gasteiger partial charge is 0.128 e. The molecule has 4 nitrogen and oxygen atoms in total. The molecule has 0 aliphatic heterocycles. The lowest BCUT2D eigenvalue weighted by atomic mass is 10.1. The van der Waals surface area contributed by atoms with Crippen LogP contribution in [0.5, 0.6) is 5.75 Å². The Balaban J connectivity index is 2.47. The summed E-state index contributed by atoms with van der Waals surface area (Å²) >= 11 is 3.47. The van der Waals surface area contributed by atoms with E-state index in [0.717, 1.165) is 33.8 Å². The van der Waals surface area contributed by atoms with E-state index >= 15 is 0 Å². The summed E-state index contributed by atoms with van der Waals surface area (Å²) in [5, 5.41) is 0. The number of hydrogen-bond acceptors (Lipinski definition) is 3. The van der Waals surface area contributed by atoms with Crippen molar-refractivity contribution in [2.75, 3.05) is 13.7 Å². The summed E-state index contributed by atoms with van der Waals surface area (Å²) in [6, 6.07) is 5.89. The number of imidazole rings is 1. The standard InChI is InChI=1S/C13H16BrN3O/c1-9-16-12(8-17(9)6-5-15)11-7-10(14)3-4-13(11)18-2/h3-4,7-8H,5-6,15H2,1-2H3. The Hall–Kier alpha value is -1.33. The van der Waals surface area contributed by atoms with E-state index in [1.165, 1.54) is 0 Å². The summed E-state index contributed by atoms with van der Waals surface area (Å²) in [4.78, 5) is 4.56. The van der Waals surface area contributed by atoms with E-state index < -0.39 is 0 Å². The Kier molecular flexibility index (Phi) is 4.04. The van der Waals surface area contributed by atoms with Crippen molar-refractivity contribution in [2.24, 2.45) is 5.73 Å². The van der Waals surface area contributed by atoms with Gasteiger partial charge in [-0.2, -0.15) is 0 Å². The molecule has 96 valence electrons. The first-order chi connectivity index (χ1) is 8.65. The minimum atomic E-state index is 0.603. The monoisotopic (exact) mass is 309 g/mol. The molecule has 0 fully saturated rings. The van der Waals surface area contributed by atoms with Gasteiger partial charge in [-0.1, -0.05) is 15.9 Å². The topological polar surface area (TPSA) is 53.1 Å². The summed E-state index contributed by atoms with van der Waals surface area (Å²) in [5.41, 5.74) is 7.46. The fraction of sp³-hybridized carbons (Fsp3) is 0.308. The minimum absolute atomic E-state index is 0.603. The molecule has 0 saturated carbocycles. The van der Waals surface area contributed by atoms with E-state index in [4.69, 9.17) is 10.5 Å². The third-order valence-corrected chi connectivity index (χ3v) is 3.28. The Morgan fingerprint density at radius 1 is 1.44 bits per heavy atom. The fourth-order valence-electron chi connectivity index (χ4n) is 1.88. The summed E-state index contributed by atoms with van der Waals surface area (Å²) in [6.07, 6.45) is 2.01. The van der Waals surface area contributed by atoms with Crippen LogP contribution in [0.3, 0.4) is 0 Å². The summed E-state index contributed by atoms with van der Waals surface area (Å²) in [7, 11) is 1.66. The Bertz CT molecular complexity index is 551. The van der Waals surface area contributed by atoms with Crippen LogP contribution in [0.4, 0.5) is 0 Å². The van der Waals surface area contributed by atoms with E-state index in [1.807, 2.05) is 31.3 Å². The number of ether oxygens (including phenoxy) is 1. The molecule has 2 rings (SSSR count). The number of aromatic nitrogens is 2. The third-order valence-electron chi connectivity index (χ3n) is 2.78. The zero-order valence-electron chi connectivity index (χ0n) is 10.5. The number of methoxy groups -OCH3 is 1. The van der Waals surface area contributed by atoms with Crippen molar-refractivity contribution in [1.29, 1.82) is 0 Å². The predicted octanol–water partition coefficient (Wildman–Crippen LogP) is 2.59. The molecule has 1 heterocycles. The third kappa shape index (κ3) is 2.57. The van der Waals surface area contributed by atoms with Gasteiger partial charge in [0.2, 0.25) is 0 Å². The Labute approximate surface area is 115 Å². The van der Waals surface area contributed by atoms with Crippen molar-refractivity contribution in [1.82, 2.24) is 9.55 Å². The molecule has 0 bridgehead atoms. The van der Waals surface area contributed by atoms with Crippen LogP contribution < -0.4 is 10.5 Å². The highest BCUT2D eigenvalue weighted by Crippen LogP contribution is 2.31. The predicted molar refractivity (Wildman–Crippen MR) is 75.7 cm³/mol. The van der Waals surface area contributed by atoms with Crippen LogP contribution in [0.1, 0.15) is 5.82 Å². The van der Waals surface area contributed by atoms with Gasteiger partial charge in [0, 0.05) is 29.3 Å². The van der Waals surface area contributed by atoms with E-state index in [9.17, 15) is 0 Å². The zero-order chi connectivity index (χ0) is 13.1. The van der Waals surface area contributed by atoms with Crippen LogP contribution in [-0.4, -0.2) is 23.2 Å². The Morgan fingerprint density at radius 2 is 2.22 bits per heavy atom. The first-order valence-corrected chi connectivity index (χ1v) is 6.52. The molecule has 1 aromatic carbocycles. The van der Waals surface area contributed by atoms with Crippen LogP contribution in [-0.2, 0) is 6.54 Å². The van der Waals surface area contributed by atoms with Gasteiger partial charge >= 0.3 is 0 Å². The van der Waals surface area contributed by atoms with E-state index in [2.05, 4.69) is 25.5 Å². The molecule has 0 spiro atoms. The van der Waals surface area contributed by atoms with Crippen LogP contribution in [0.25, 0.3) is 11.3 Å². The second-order valence-corrected chi connectivity index (χ2v) is 4.92. The van der Waals surface area contributed by atoms with Gasteiger partial charge in [-0.3, -0.25) is 0 Å². The van der Waals surface area contributed by atoms with Crippen LogP contribution in [0.2, 0.25) is 0 Å². The molecule has 1 aromatic heterocycles. The summed E-state index contributed by atoms with van der Waals surface area (Å²) < 4.78 is 8.42. The number of aryl methyl sites for hydroxylation is 1. The van der Waals surface area contributed by atoms with E-state index in [1.54, 1.807) is 7.11 Å². The van der Waals surface area contributed by atoms with Crippen molar-refractivity contribution in [3.05, 3.63) is 34.7 Å². The van der Waals surface area contributed by atoms with Gasteiger partial charge in [-0.15, -0.1) is 0 Å². The van der Waals surface area contributed by atoms with Gasteiger partial charge < -0.3 is 15.0 Å².